The topological polar surface area (TPSA) is 90.9 Å². The Hall–Kier alpha value is -3.35. The molecule has 0 saturated heterocycles. The summed E-state index contributed by atoms with van der Waals surface area (Å²) in [5.41, 5.74) is 1.01. The van der Waals surface area contributed by atoms with Crippen molar-refractivity contribution in [3.8, 4) is 5.75 Å². The molecule has 0 radical (unpaired) electrons. The number of esters is 2. The van der Waals surface area contributed by atoms with Crippen molar-refractivity contribution >= 4 is 23.5 Å². The lowest BCUT2D eigenvalue weighted by atomic mass is 10.1. The van der Waals surface area contributed by atoms with Crippen molar-refractivity contribution < 1.29 is 28.6 Å². The molecule has 1 amide bonds. The fraction of sp³-hybridized carbons (Fsp3) is 0.211. The quantitative estimate of drug-likeness (QED) is 0.799. The molecule has 1 atom stereocenters. The van der Waals surface area contributed by atoms with Gasteiger partial charge >= 0.3 is 11.9 Å². The SMILES string of the molecule is COC(=O)c1ccc(C(=O)O[C@@H](C)C(=O)Nc2ccccc2OC)cc1. The molecule has 0 saturated carbocycles. The Kier molecular flexibility index (Phi) is 6.32. The average Bonchev–Trinajstić information content (AvgIpc) is 2.67. The molecule has 1 N–H and O–H groups in total. The molecule has 2 aromatic rings. The van der Waals surface area contributed by atoms with E-state index in [0.29, 0.717) is 17.0 Å². The molecule has 7 heteroatoms. The summed E-state index contributed by atoms with van der Waals surface area (Å²) >= 11 is 0. The lowest BCUT2D eigenvalue weighted by Gasteiger charge is -2.15. The van der Waals surface area contributed by atoms with E-state index in [0.717, 1.165) is 0 Å². The van der Waals surface area contributed by atoms with Gasteiger partial charge in [0.25, 0.3) is 5.91 Å². The Labute approximate surface area is 150 Å². The van der Waals surface area contributed by atoms with Crippen LogP contribution in [0.4, 0.5) is 5.69 Å². The molecule has 0 heterocycles. The molecule has 0 aromatic heterocycles. The Morgan fingerprint density at radius 1 is 0.885 bits per heavy atom. The first-order chi connectivity index (χ1) is 12.5. The zero-order valence-electron chi connectivity index (χ0n) is 14.6. The minimum Gasteiger partial charge on any atom is -0.495 e. The average molecular weight is 357 g/mol. The molecular formula is C19H19NO6. The number of carbonyl (C=O) groups is 3. The largest absolute Gasteiger partial charge is 0.495 e. The summed E-state index contributed by atoms with van der Waals surface area (Å²) in [5.74, 6) is -1.18. The van der Waals surface area contributed by atoms with E-state index in [2.05, 4.69) is 10.1 Å². The highest BCUT2D eigenvalue weighted by molar-refractivity contribution is 5.98. The van der Waals surface area contributed by atoms with Gasteiger partial charge in [-0.15, -0.1) is 0 Å². The molecular weight excluding hydrogens is 338 g/mol. The molecule has 7 nitrogen and oxygen atoms in total. The summed E-state index contributed by atoms with van der Waals surface area (Å²) < 4.78 is 14.9. The highest BCUT2D eigenvalue weighted by Gasteiger charge is 2.20. The summed E-state index contributed by atoms with van der Waals surface area (Å²) in [6.45, 7) is 1.46. The second kappa shape index (κ2) is 8.66. The number of hydrogen-bond donors (Lipinski definition) is 1. The van der Waals surface area contributed by atoms with Gasteiger partial charge in [-0.3, -0.25) is 4.79 Å². The van der Waals surface area contributed by atoms with Crippen LogP contribution in [0.1, 0.15) is 27.6 Å². The standard InChI is InChI=1S/C19H19NO6/c1-12(17(21)20-15-6-4-5-7-16(15)24-2)26-19(23)14-10-8-13(9-11-14)18(22)25-3/h4-12H,1-3H3,(H,20,21)/t12-/m0/s1. The number of anilines is 1. The zero-order valence-corrected chi connectivity index (χ0v) is 14.6. The van der Waals surface area contributed by atoms with E-state index in [1.807, 2.05) is 0 Å². The van der Waals surface area contributed by atoms with Crippen LogP contribution in [0.2, 0.25) is 0 Å². The van der Waals surface area contributed by atoms with Gasteiger partial charge in [-0.1, -0.05) is 12.1 Å². The van der Waals surface area contributed by atoms with Gasteiger partial charge in [-0.05, 0) is 43.3 Å². The summed E-state index contributed by atoms with van der Waals surface area (Å²) in [4.78, 5) is 35.8. The van der Waals surface area contributed by atoms with E-state index in [4.69, 9.17) is 9.47 Å². The van der Waals surface area contributed by atoms with Gasteiger partial charge in [-0.25, -0.2) is 9.59 Å². The molecule has 0 spiro atoms. The number of para-hydroxylation sites is 2. The molecule has 2 rings (SSSR count). The van der Waals surface area contributed by atoms with Crippen molar-refractivity contribution in [3.63, 3.8) is 0 Å². The second-order valence-corrected chi connectivity index (χ2v) is 5.31. The van der Waals surface area contributed by atoms with Gasteiger partial charge < -0.3 is 19.5 Å². The van der Waals surface area contributed by atoms with E-state index in [1.165, 1.54) is 45.4 Å². The molecule has 0 aliphatic heterocycles. The number of rotatable bonds is 6. The van der Waals surface area contributed by atoms with Crippen molar-refractivity contribution in [2.45, 2.75) is 13.0 Å². The third-order valence-corrected chi connectivity index (χ3v) is 3.56. The highest BCUT2D eigenvalue weighted by Crippen LogP contribution is 2.23. The van der Waals surface area contributed by atoms with Crippen LogP contribution in [0.5, 0.6) is 5.75 Å². The van der Waals surface area contributed by atoms with E-state index in [1.54, 1.807) is 24.3 Å². The molecule has 0 aliphatic carbocycles. The normalized spacial score (nSPS) is 11.2. The first kappa shape index (κ1) is 19.0. The summed E-state index contributed by atoms with van der Waals surface area (Å²) in [7, 11) is 2.76. The number of methoxy groups -OCH3 is 2. The van der Waals surface area contributed by atoms with Gasteiger partial charge in [0, 0.05) is 0 Å². The monoisotopic (exact) mass is 357 g/mol. The van der Waals surface area contributed by atoms with Gasteiger partial charge in [0.05, 0.1) is 31.0 Å². The number of amides is 1. The number of ether oxygens (including phenoxy) is 3. The van der Waals surface area contributed by atoms with Gasteiger partial charge in [0.2, 0.25) is 0 Å². The molecule has 0 bridgehead atoms. The Bertz CT molecular complexity index is 800. The summed E-state index contributed by atoms with van der Waals surface area (Å²) in [5, 5.41) is 2.65. The van der Waals surface area contributed by atoms with Gasteiger partial charge in [0.15, 0.2) is 6.10 Å². The van der Waals surface area contributed by atoms with Crippen molar-refractivity contribution in [3.05, 3.63) is 59.7 Å². The van der Waals surface area contributed by atoms with E-state index in [9.17, 15) is 14.4 Å². The van der Waals surface area contributed by atoms with E-state index < -0.39 is 23.9 Å². The first-order valence-electron chi connectivity index (χ1n) is 7.79. The Morgan fingerprint density at radius 3 is 2.04 bits per heavy atom. The first-order valence-corrected chi connectivity index (χ1v) is 7.79. The third-order valence-electron chi connectivity index (χ3n) is 3.56. The third kappa shape index (κ3) is 4.60. The maximum atomic E-state index is 12.2. The number of carbonyl (C=O) groups excluding carboxylic acids is 3. The fourth-order valence-electron chi connectivity index (χ4n) is 2.12. The number of benzene rings is 2. The van der Waals surface area contributed by atoms with Crippen LogP contribution in [-0.2, 0) is 14.3 Å². The van der Waals surface area contributed by atoms with Crippen LogP contribution in [0.25, 0.3) is 0 Å². The van der Waals surface area contributed by atoms with Gasteiger partial charge in [0.1, 0.15) is 5.75 Å². The van der Waals surface area contributed by atoms with Crippen molar-refractivity contribution in [2.24, 2.45) is 0 Å². The van der Waals surface area contributed by atoms with Gasteiger partial charge in [-0.2, -0.15) is 0 Å². The lowest BCUT2D eigenvalue weighted by molar-refractivity contribution is -0.123. The molecule has 26 heavy (non-hydrogen) atoms. The van der Waals surface area contributed by atoms with Crippen molar-refractivity contribution in [1.29, 1.82) is 0 Å². The van der Waals surface area contributed by atoms with Crippen LogP contribution in [0.3, 0.4) is 0 Å². The molecule has 0 fully saturated rings. The lowest BCUT2D eigenvalue weighted by Crippen LogP contribution is -2.30. The van der Waals surface area contributed by atoms with Crippen LogP contribution >= 0.6 is 0 Å². The smallest absolute Gasteiger partial charge is 0.338 e. The molecule has 0 unspecified atom stereocenters. The maximum Gasteiger partial charge on any atom is 0.338 e. The fourth-order valence-corrected chi connectivity index (χ4v) is 2.12. The van der Waals surface area contributed by atoms with Crippen molar-refractivity contribution in [2.75, 3.05) is 19.5 Å². The van der Waals surface area contributed by atoms with Crippen LogP contribution in [0.15, 0.2) is 48.5 Å². The Balaban J connectivity index is 1.99. The number of hydrogen-bond acceptors (Lipinski definition) is 6. The second-order valence-electron chi connectivity index (χ2n) is 5.31. The number of nitrogens with one attached hydrogen (secondary N) is 1. The highest BCUT2D eigenvalue weighted by atomic mass is 16.5. The molecule has 2 aromatic carbocycles. The summed E-state index contributed by atoms with van der Waals surface area (Å²) in [6, 6.07) is 12.7. The maximum absolute atomic E-state index is 12.2. The minimum absolute atomic E-state index is 0.217. The Morgan fingerprint density at radius 2 is 1.46 bits per heavy atom. The molecule has 0 aliphatic rings. The van der Waals surface area contributed by atoms with E-state index >= 15 is 0 Å². The molecule has 136 valence electrons. The van der Waals surface area contributed by atoms with Crippen LogP contribution < -0.4 is 10.1 Å². The zero-order chi connectivity index (χ0) is 19.1. The predicted octanol–water partition coefficient (Wildman–Crippen LogP) is 2.67. The summed E-state index contributed by atoms with van der Waals surface area (Å²) in [6.07, 6.45) is -1.02. The van der Waals surface area contributed by atoms with E-state index in [-0.39, 0.29) is 5.56 Å². The minimum atomic E-state index is -1.02. The van der Waals surface area contributed by atoms with Crippen LogP contribution in [0, 0.1) is 0 Å². The van der Waals surface area contributed by atoms with Crippen molar-refractivity contribution in [1.82, 2.24) is 0 Å². The predicted molar refractivity (Wildman–Crippen MR) is 94.3 cm³/mol. The van der Waals surface area contributed by atoms with Crippen LogP contribution in [-0.4, -0.2) is 38.2 Å².